The third kappa shape index (κ3) is 3.64. The molecule has 20 heavy (non-hydrogen) atoms. The summed E-state index contributed by atoms with van der Waals surface area (Å²) in [6.45, 7) is 7.87. The number of hydrogen-bond acceptors (Lipinski definition) is 3. The monoisotopic (exact) mass is 282 g/mol. The lowest BCUT2D eigenvalue weighted by atomic mass is 10.1. The maximum absolute atomic E-state index is 12.5. The number of likely N-dealkylation sites (tertiary alicyclic amines) is 2. The molecule has 1 atom stereocenters. The molecule has 0 saturated carbocycles. The summed E-state index contributed by atoms with van der Waals surface area (Å²) in [4.78, 5) is 28.3. The Kier molecular flexibility index (Phi) is 4.55. The first kappa shape index (κ1) is 15.1. The molecule has 0 N–H and O–H groups in total. The zero-order chi connectivity index (χ0) is 14.8. The van der Waals surface area contributed by atoms with Gasteiger partial charge >= 0.3 is 12.0 Å². The number of piperidine rings is 1. The normalized spacial score (nSPS) is 23.9. The van der Waals surface area contributed by atoms with Crippen LogP contribution in [0, 0.1) is 0 Å². The molecular weight excluding hydrogens is 256 g/mol. The maximum atomic E-state index is 12.5. The summed E-state index contributed by atoms with van der Waals surface area (Å²) >= 11 is 0. The molecule has 2 amide bonds. The molecule has 2 aliphatic rings. The molecule has 5 heteroatoms. The van der Waals surface area contributed by atoms with E-state index >= 15 is 0 Å². The molecule has 2 aliphatic heterocycles. The molecule has 0 aliphatic carbocycles. The maximum Gasteiger partial charge on any atom is 0.329 e. The lowest BCUT2D eigenvalue weighted by Gasteiger charge is -2.34. The minimum absolute atomic E-state index is 0.0121. The number of carbonyl (C=O) groups excluding carboxylic acids is 2. The van der Waals surface area contributed by atoms with Crippen LogP contribution in [-0.4, -0.2) is 53.1 Å². The van der Waals surface area contributed by atoms with E-state index in [2.05, 4.69) is 0 Å². The van der Waals surface area contributed by atoms with Gasteiger partial charge in [0.2, 0.25) is 0 Å². The van der Waals surface area contributed by atoms with E-state index in [1.54, 1.807) is 4.90 Å². The zero-order valence-electron chi connectivity index (χ0n) is 12.9. The number of hydrogen-bond donors (Lipinski definition) is 0. The van der Waals surface area contributed by atoms with Gasteiger partial charge in [0.1, 0.15) is 11.6 Å². The van der Waals surface area contributed by atoms with Crippen LogP contribution in [0.5, 0.6) is 0 Å². The molecule has 2 rings (SSSR count). The molecule has 0 bridgehead atoms. The van der Waals surface area contributed by atoms with E-state index in [4.69, 9.17) is 4.74 Å². The number of esters is 1. The van der Waals surface area contributed by atoms with Gasteiger partial charge < -0.3 is 14.5 Å². The molecule has 114 valence electrons. The van der Waals surface area contributed by atoms with E-state index in [0.717, 1.165) is 32.4 Å². The van der Waals surface area contributed by atoms with Gasteiger partial charge in [0.15, 0.2) is 0 Å². The van der Waals surface area contributed by atoms with Crippen molar-refractivity contribution in [1.29, 1.82) is 0 Å². The molecule has 0 aromatic rings. The molecule has 0 aromatic carbocycles. The fourth-order valence-electron chi connectivity index (χ4n) is 2.88. The summed E-state index contributed by atoms with van der Waals surface area (Å²) in [5.74, 6) is -0.264. The van der Waals surface area contributed by atoms with Gasteiger partial charge in [-0.3, -0.25) is 0 Å². The molecule has 0 aromatic heterocycles. The van der Waals surface area contributed by atoms with E-state index in [0.29, 0.717) is 13.0 Å². The van der Waals surface area contributed by atoms with Crippen LogP contribution in [0.4, 0.5) is 4.79 Å². The molecule has 0 unspecified atom stereocenters. The number of nitrogens with zero attached hydrogens (tertiary/aromatic N) is 2. The van der Waals surface area contributed by atoms with Crippen LogP contribution in [0.2, 0.25) is 0 Å². The first-order chi connectivity index (χ1) is 9.38. The Hall–Kier alpha value is -1.26. The highest BCUT2D eigenvalue weighted by molar-refractivity contribution is 5.84. The van der Waals surface area contributed by atoms with Crippen molar-refractivity contribution in [2.24, 2.45) is 0 Å². The number of carbonyl (C=O) groups is 2. The van der Waals surface area contributed by atoms with Gasteiger partial charge in [-0.25, -0.2) is 9.59 Å². The van der Waals surface area contributed by atoms with Crippen molar-refractivity contribution >= 4 is 12.0 Å². The third-order valence-electron chi connectivity index (χ3n) is 3.80. The van der Waals surface area contributed by atoms with Gasteiger partial charge in [-0.05, 0) is 52.9 Å². The Bertz CT molecular complexity index is 370. The molecule has 0 radical (unpaired) electrons. The van der Waals surface area contributed by atoms with Crippen molar-refractivity contribution in [2.75, 3.05) is 19.6 Å². The van der Waals surface area contributed by atoms with E-state index in [9.17, 15) is 9.59 Å². The number of urea groups is 1. The van der Waals surface area contributed by atoms with Gasteiger partial charge in [-0.15, -0.1) is 0 Å². The first-order valence-corrected chi connectivity index (χ1v) is 7.67. The van der Waals surface area contributed by atoms with Crippen molar-refractivity contribution in [2.45, 2.75) is 64.5 Å². The fraction of sp³-hybridized carbons (Fsp3) is 0.867. The highest BCUT2D eigenvalue weighted by Crippen LogP contribution is 2.23. The second kappa shape index (κ2) is 6.02. The van der Waals surface area contributed by atoms with E-state index in [-0.39, 0.29) is 12.0 Å². The first-order valence-electron chi connectivity index (χ1n) is 7.67. The largest absolute Gasteiger partial charge is 0.458 e. The quantitative estimate of drug-likeness (QED) is 0.694. The second-order valence-corrected chi connectivity index (χ2v) is 6.72. The summed E-state index contributed by atoms with van der Waals surface area (Å²) < 4.78 is 5.44. The zero-order valence-corrected chi connectivity index (χ0v) is 12.9. The van der Waals surface area contributed by atoms with Crippen LogP contribution in [-0.2, 0) is 9.53 Å². The highest BCUT2D eigenvalue weighted by Gasteiger charge is 2.38. The minimum atomic E-state index is -0.500. The fourth-order valence-corrected chi connectivity index (χ4v) is 2.88. The van der Waals surface area contributed by atoms with Crippen molar-refractivity contribution < 1.29 is 14.3 Å². The molecular formula is C15H26N2O3. The summed E-state index contributed by atoms with van der Waals surface area (Å²) in [5.41, 5.74) is -0.500. The lowest BCUT2D eigenvalue weighted by Crippen LogP contribution is -2.50. The average Bonchev–Trinajstić information content (AvgIpc) is 2.86. The van der Waals surface area contributed by atoms with Gasteiger partial charge in [0.05, 0.1) is 0 Å². The van der Waals surface area contributed by atoms with E-state index < -0.39 is 11.6 Å². The predicted molar refractivity (Wildman–Crippen MR) is 76.4 cm³/mol. The van der Waals surface area contributed by atoms with Crippen molar-refractivity contribution in [3.05, 3.63) is 0 Å². The van der Waals surface area contributed by atoms with Gasteiger partial charge in [-0.1, -0.05) is 0 Å². The van der Waals surface area contributed by atoms with Gasteiger partial charge in [0, 0.05) is 19.6 Å². The third-order valence-corrected chi connectivity index (χ3v) is 3.80. The Labute approximate surface area is 121 Å². The van der Waals surface area contributed by atoms with Crippen molar-refractivity contribution in [1.82, 2.24) is 9.80 Å². The van der Waals surface area contributed by atoms with Crippen LogP contribution < -0.4 is 0 Å². The molecule has 0 spiro atoms. The topological polar surface area (TPSA) is 49.9 Å². The number of amides is 2. The number of rotatable bonds is 1. The van der Waals surface area contributed by atoms with E-state index in [1.807, 2.05) is 25.7 Å². The van der Waals surface area contributed by atoms with E-state index in [1.165, 1.54) is 6.42 Å². The Balaban J connectivity index is 1.99. The average molecular weight is 282 g/mol. The van der Waals surface area contributed by atoms with Crippen molar-refractivity contribution in [3.63, 3.8) is 0 Å². The molecule has 5 nitrogen and oxygen atoms in total. The molecule has 2 heterocycles. The highest BCUT2D eigenvalue weighted by atomic mass is 16.6. The summed E-state index contributed by atoms with van der Waals surface area (Å²) in [5, 5.41) is 0. The Morgan fingerprint density at radius 3 is 2.25 bits per heavy atom. The van der Waals surface area contributed by atoms with Gasteiger partial charge in [-0.2, -0.15) is 0 Å². The smallest absolute Gasteiger partial charge is 0.329 e. The minimum Gasteiger partial charge on any atom is -0.458 e. The summed E-state index contributed by atoms with van der Waals surface area (Å²) in [7, 11) is 0. The van der Waals surface area contributed by atoms with Crippen LogP contribution >= 0.6 is 0 Å². The standard InChI is InChI=1S/C15H26N2O3/c1-15(2,3)20-13(18)12-8-7-11-17(12)14(19)16-9-5-4-6-10-16/h12H,4-11H2,1-3H3/t12-/m0/s1. The van der Waals surface area contributed by atoms with Crippen LogP contribution in [0.25, 0.3) is 0 Å². The molecule has 2 saturated heterocycles. The van der Waals surface area contributed by atoms with Crippen molar-refractivity contribution in [3.8, 4) is 0 Å². The van der Waals surface area contributed by atoms with Crippen LogP contribution in [0.1, 0.15) is 52.9 Å². The second-order valence-electron chi connectivity index (χ2n) is 6.72. The van der Waals surface area contributed by atoms with Crippen LogP contribution in [0.3, 0.4) is 0 Å². The SMILES string of the molecule is CC(C)(C)OC(=O)[C@@H]1CCCN1C(=O)N1CCCCC1. The number of ether oxygens (including phenoxy) is 1. The van der Waals surface area contributed by atoms with Crippen LogP contribution in [0.15, 0.2) is 0 Å². The Morgan fingerprint density at radius 1 is 1.00 bits per heavy atom. The Morgan fingerprint density at radius 2 is 1.65 bits per heavy atom. The molecule has 2 fully saturated rings. The predicted octanol–water partition coefficient (Wildman–Crippen LogP) is 2.40. The lowest BCUT2D eigenvalue weighted by molar-refractivity contribution is -0.159. The summed E-state index contributed by atoms with van der Waals surface area (Å²) in [6, 6.07) is -0.387. The van der Waals surface area contributed by atoms with Gasteiger partial charge in [0.25, 0.3) is 0 Å². The summed E-state index contributed by atoms with van der Waals surface area (Å²) in [6.07, 6.45) is 4.92.